The SMILES string of the molecule is CC(=O)NC1COCCC1NN. The van der Waals surface area contributed by atoms with Crippen LogP contribution in [0.25, 0.3) is 0 Å². The van der Waals surface area contributed by atoms with Crippen molar-refractivity contribution < 1.29 is 9.53 Å². The summed E-state index contributed by atoms with van der Waals surface area (Å²) in [5.74, 6) is 5.26. The Kier molecular flexibility index (Phi) is 3.46. The molecule has 1 rings (SSSR count). The standard InChI is InChI=1S/C7H15N3O2/c1-5(11)9-7-4-12-3-2-6(7)10-8/h6-7,10H,2-4,8H2,1H3,(H,9,11). The monoisotopic (exact) mass is 173 g/mol. The lowest BCUT2D eigenvalue weighted by atomic mass is 10.0. The molecule has 0 aromatic carbocycles. The zero-order valence-corrected chi connectivity index (χ0v) is 7.17. The van der Waals surface area contributed by atoms with Crippen molar-refractivity contribution in [3.8, 4) is 0 Å². The first-order valence-electron chi connectivity index (χ1n) is 4.05. The van der Waals surface area contributed by atoms with Crippen LogP contribution in [0.3, 0.4) is 0 Å². The Morgan fingerprint density at radius 1 is 1.58 bits per heavy atom. The molecule has 1 amide bonds. The molecule has 5 nitrogen and oxygen atoms in total. The number of nitrogens with one attached hydrogen (secondary N) is 2. The molecule has 1 fully saturated rings. The summed E-state index contributed by atoms with van der Waals surface area (Å²) in [6.07, 6.45) is 0.835. The van der Waals surface area contributed by atoms with Crippen molar-refractivity contribution in [3.63, 3.8) is 0 Å². The normalized spacial score (nSPS) is 29.8. The first-order chi connectivity index (χ1) is 5.74. The van der Waals surface area contributed by atoms with Gasteiger partial charge in [0.1, 0.15) is 0 Å². The lowest BCUT2D eigenvalue weighted by molar-refractivity contribution is -0.120. The van der Waals surface area contributed by atoms with Gasteiger partial charge in [-0.1, -0.05) is 0 Å². The summed E-state index contributed by atoms with van der Waals surface area (Å²) in [7, 11) is 0. The van der Waals surface area contributed by atoms with Crippen molar-refractivity contribution in [3.05, 3.63) is 0 Å². The molecule has 1 saturated heterocycles. The number of hydrogen-bond acceptors (Lipinski definition) is 4. The Morgan fingerprint density at radius 3 is 2.92 bits per heavy atom. The van der Waals surface area contributed by atoms with Crippen LogP contribution in [0.15, 0.2) is 0 Å². The molecule has 4 N–H and O–H groups in total. The van der Waals surface area contributed by atoms with Crippen molar-refractivity contribution in [1.29, 1.82) is 0 Å². The number of nitrogens with two attached hydrogens (primary N) is 1. The highest BCUT2D eigenvalue weighted by molar-refractivity contribution is 5.73. The van der Waals surface area contributed by atoms with Crippen molar-refractivity contribution >= 4 is 5.91 Å². The number of amides is 1. The zero-order valence-electron chi connectivity index (χ0n) is 7.17. The number of carbonyl (C=O) groups excluding carboxylic acids is 1. The Morgan fingerprint density at radius 2 is 2.33 bits per heavy atom. The van der Waals surface area contributed by atoms with E-state index in [1.807, 2.05) is 0 Å². The van der Waals surface area contributed by atoms with E-state index in [4.69, 9.17) is 10.6 Å². The highest BCUT2D eigenvalue weighted by Gasteiger charge is 2.24. The second kappa shape index (κ2) is 4.39. The second-order valence-electron chi connectivity index (χ2n) is 2.94. The highest BCUT2D eigenvalue weighted by atomic mass is 16.5. The molecule has 12 heavy (non-hydrogen) atoms. The number of carbonyl (C=O) groups is 1. The van der Waals surface area contributed by atoms with Crippen LogP contribution in [0.1, 0.15) is 13.3 Å². The largest absolute Gasteiger partial charge is 0.379 e. The Labute approximate surface area is 71.6 Å². The van der Waals surface area contributed by atoms with Gasteiger partial charge in [0.2, 0.25) is 5.91 Å². The van der Waals surface area contributed by atoms with Crippen LogP contribution in [0.4, 0.5) is 0 Å². The van der Waals surface area contributed by atoms with Gasteiger partial charge in [0.25, 0.3) is 0 Å². The molecule has 2 unspecified atom stereocenters. The minimum absolute atomic E-state index is 0.00116. The van der Waals surface area contributed by atoms with Gasteiger partial charge in [0.15, 0.2) is 0 Å². The summed E-state index contributed by atoms with van der Waals surface area (Å²) in [5, 5.41) is 2.78. The summed E-state index contributed by atoms with van der Waals surface area (Å²) in [4.78, 5) is 10.7. The minimum Gasteiger partial charge on any atom is -0.379 e. The first-order valence-corrected chi connectivity index (χ1v) is 4.05. The molecule has 0 saturated carbocycles. The number of hydrazine groups is 1. The molecule has 0 bridgehead atoms. The molecule has 2 atom stereocenters. The summed E-state index contributed by atoms with van der Waals surface area (Å²) in [5.41, 5.74) is 2.66. The predicted molar refractivity (Wildman–Crippen MR) is 44.2 cm³/mol. The number of ether oxygens (including phenoxy) is 1. The molecular formula is C7H15N3O2. The van der Waals surface area contributed by atoms with Gasteiger partial charge in [-0.25, -0.2) is 0 Å². The molecule has 1 aliphatic rings. The summed E-state index contributed by atoms with van der Waals surface area (Å²) in [6, 6.07) is 0.129. The summed E-state index contributed by atoms with van der Waals surface area (Å²) < 4.78 is 5.20. The lowest BCUT2D eigenvalue weighted by Gasteiger charge is -2.31. The Balaban J connectivity index is 2.41. The summed E-state index contributed by atoms with van der Waals surface area (Å²) in [6.45, 7) is 2.72. The van der Waals surface area contributed by atoms with Crippen LogP contribution in [0.5, 0.6) is 0 Å². The van der Waals surface area contributed by atoms with E-state index in [2.05, 4.69) is 10.7 Å². The molecule has 5 heteroatoms. The highest BCUT2D eigenvalue weighted by Crippen LogP contribution is 2.06. The van der Waals surface area contributed by atoms with E-state index < -0.39 is 0 Å². The van der Waals surface area contributed by atoms with E-state index in [0.717, 1.165) is 6.42 Å². The van der Waals surface area contributed by atoms with Crippen LogP contribution < -0.4 is 16.6 Å². The fraction of sp³-hybridized carbons (Fsp3) is 0.857. The average Bonchev–Trinajstić information content (AvgIpc) is 2.04. The van der Waals surface area contributed by atoms with Crippen molar-refractivity contribution in [2.75, 3.05) is 13.2 Å². The number of hydrogen-bond donors (Lipinski definition) is 3. The van der Waals surface area contributed by atoms with Gasteiger partial charge in [-0.05, 0) is 6.42 Å². The quantitative estimate of drug-likeness (QED) is 0.360. The van der Waals surface area contributed by atoms with Crippen molar-refractivity contribution in [2.45, 2.75) is 25.4 Å². The molecule has 1 aliphatic heterocycles. The third kappa shape index (κ3) is 2.44. The van der Waals surface area contributed by atoms with Crippen molar-refractivity contribution in [1.82, 2.24) is 10.7 Å². The lowest BCUT2D eigenvalue weighted by Crippen LogP contribution is -2.56. The van der Waals surface area contributed by atoms with Gasteiger partial charge >= 0.3 is 0 Å². The van der Waals surface area contributed by atoms with Crippen LogP contribution >= 0.6 is 0 Å². The zero-order chi connectivity index (χ0) is 8.97. The van der Waals surface area contributed by atoms with Gasteiger partial charge in [0.05, 0.1) is 12.6 Å². The first kappa shape index (κ1) is 9.44. The molecule has 70 valence electrons. The van der Waals surface area contributed by atoms with Gasteiger partial charge < -0.3 is 10.1 Å². The summed E-state index contributed by atoms with van der Waals surface area (Å²) >= 11 is 0. The maximum Gasteiger partial charge on any atom is 0.217 e. The van der Waals surface area contributed by atoms with Crippen LogP contribution in [-0.2, 0) is 9.53 Å². The van der Waals surface area contributed by atoms with Gasteiger partial charge in [0, 0.05) is 19.6 Å². The number of rotatable bonds is 2. The van der Waals surface area contributed by atoms with E-state index >= 15 is 0 Å². The van der Waals surface area contributed by atoms with Gasteiger partial charge in [-0.3, -0.25) is 16.1 Å². The van der Waals surface area contributed by atoms with E-state index in [1.165, 1.54) is 6.92 Å². The van der Waals surface area contributed by atoms with E-state index in [0.29, 0.717) is 13.2 Å². The van der Waals surface area contributed by atoms with Crippen LogP contribution in [0.2, 0.25) is 0 Å². The molecule has 0 aliphatic carbocycles. The maximum absolute atomic E-state index is 10.7. The fourth-order valence-corrected chi connectivity index (χ4v) is 1.34. The smallest absolute Gasteiger partial charge is 0.217 e. The van der Waals surface area contributed by atoms with Gasteiger partial charge in [-0.2, -0.15) is 0 Å². The average molecular weight is 173 g/mol. The van der Waals surface area contributed by atoms with Crippen LogP contribution in [-0.4, -0.2) is 31.2 Å². The second-order valence-corrected chi connectivity index (χ2v) is 2.94. The minimum atomic E-state index is -0.0502. The molecule has 0 aromatic heterocycles. The van der Waals surface area contributed by atoms with E-state index in [9.17, 15) is 4.79 Å². The van der Waals surface area contributed by atoms with E-state index in [1.54, 1.807) is 0 Å². The molecule has 0 spiro atoms. The van der Waals surface area contributed by atoms with Crippen molar-refractivity contribution in [2.24, 2.45) is 5.84 Å². The fourth-order valence-electron chi connectivity index (χ4n) is 1.34. The molecule has 1 heterocycles. The van der Waals surface area contributed by atoms with E-state index in [-0.39, 0.29) is 18.0 Å². The third-order valence-corrected chi connectivity index (χ3v) is 1.96. The predicted octanol–water partition coefficient (Wildman–Crippen LogP) is -1.26. The third-order valence-electron chi connectivity index (χ3n) is 1.96. The molecule has 0 radical (unpaired) electrons. The van der Waals surface area contributed by atoms with Crippen LogP contribution in [0, 0.1) is 0 Å². The van der Waals surface area contributed by atoms with Gasteiger partial charge in [-0.15, -0.1) is 0 Å². The topological polar surface area (TPSA) is 76.4 Å². The molecular weight excluding hydrogens is 158 g/mol. The maximum atomic E-state index is 10.7. The Bertz CT molecular complexity index is 163. The molecule has 0 aromatic rings. The Hall–Kier alpha value is -0.650.